The molecule has 1 aromatic heterocycles. The molecule has 2 rings (SSSR count). The van der Waals surface area contributed by atoms with Crippen LogP contribution in [0, 0.1) is 17.7 Å². The zero-order chi connectivity index (χ0) is 17.0. The van der Waals surface area contributed by atoms with E-state index < -0.39 is 18.2 Å². The predicted molar refractivity (Wildman–Crippen MR) is 84.3 cm³/mol. The number of hydroxylamine groups is 2. The summed E-state index contributed by atoms with van der Waals surface area (Å²) in [5, 5.41) is 19.9. The fraction of sp³-hybridized carbons (Fsp3) is 0.188. The van der Waals surface area contributed by atoms with Crippen molar-refractivity contribution in [3.05, 3.63) is 57.5 Å². The molecular weight excluding hydrogens is 319 g/mol. The number of nitrogens with zero attached hydrogens (tertiary/aromatic N) is 1. The molecule has 0 spiro atoms. The average molecular weight is 334 g/mol. The molecule has 1 heterocycles. The van der Waals surface area contributed by atoms with Gasteiger partial charge in [0.05, 0.1) is 4.88 Å². The zero-order valence-corrected chi connectivity index (χ0v) is 13.0. The summed E-state index contributed by atoms with van der Waals surface area (Å²) >= 11 is 1.27. The van der Waals surface area contributed by atoms with Gasteiger partial charge in [0.15, 0.2) is 0 Å². The van der Waals surface area contributed by atoms with Crippen LogP contribution in [0.5, 0.6) is 0 Å². The number of thiophene rings is 1. The standard InChI is InChI=1S/C16H15FN2O3S/c1-10(19(22)16(18)21)2-7-13-8-9-14(23-13)15(20)11-3-5-12(17)6-4-11/h3-6,8-10,15,20,22H,1H3,(H2,18,21)/t10?,15-/m1/s1. The van der Waals surface area contributed by atoms with E-state index in [1.165, 1.54) is 42.5 Å². The maximum Gasteiger partial charge on any atom is 0.339 e. The molecule has 0 aliphatic carbocycles. The summed E-state index contributed by atoms with van der Waals surface area (Å²) in [7, 11) is 0. The lowest BCUT2D eigenvalue weighted by molar-refractivity contribution is -0.0536. The van der Waals surface area contributed by atoms with Crippen LogP contribution >= 0.6 is 11.3 Å². The zero-order valence-electron chi connectivity index (χ0n) is 12.2. The molecule has 4 N–H and O–H groups in total. The van der Waals surface area contributed by atoms with E-state index in [1.807, 2.05) is 0 Å². The van der Waals surface area contributed by atoms with Crippen molar-refractivity contribution in [1.29, 1.82) is 0 Å². The summed E-state index contributed by atoms with van der Waals surface area (Å²) in [6.45, 7) is 1.53. The molecule has 0 saturated carbocycles. The Bertz CT molecular complexity index is 749. The highest BCUT2D eigenvalue weighted by atomic mass is 32.1. The maximum absolute atomic E-state index is 12.9. The van der Waals surface area contributed by atoms with Crippen molar-refractivity contribution in [3.8, 4) is 11.8 Å². The van der Waals surface area contributed by atoms with E-state index in [-0.39, 0.29) is 5.82 Å². The van der Waals surface area contributed by atoms with Gasteiger partial charge in [0.1, 0.15) is 18.0 Å². The molecule has 2 aromatic rings. The Morgan fingerprint density at radius 3 is 2.57 bits per heavy atom. The van der Waals surface area contributed by atoms with Gasteiger partial charge in [-0.2, -0.15) is 5.06 Å². The molecule has 0 fully saturated rings. The van der Waals surface area contributed by atoms with Crippen LogP contribution in [0.1, 0.15) is 28.3 Å². The number of benzene rings is 1. The van der Waals surface area contributed by atoms with Crippen LogP contribution in [0.15, 0.2) is 36.4 Å². The Hall–Kier alpha value is -2.40. The van der Waals surface area contributed by atoms with Crippen molar-refractivity contribution in [1.82, 2.24) is 5.06 Å². The second-order valence-electron chi connectivity index (χ2n) is 4.78. The smallest absolute Gasteiger partial charge is 0.339 e. The van der Waals surface area contributed by atoms with Gasteiger partial charge in [0.25, 0.3) is 0 Å². The van der Waals surface area contributed by atoms with Gasteiger partial charge < -0.3 is 10.8 Å². The molecule has 2 amide bonds. The van der Waals surface area contributed by atoms with Crippen LogP contribution in [-0.2, 0) is 0 Å². The number of rotatable bonds is 3. The molecule has 0 aliphatic rings. The summed E-state index contributed by atoms with van der Waals surface area (Å²) in [5.41, 5.74) is 5.52. The molecule has 0 bridgehead atoms. The molecule has 7 heteroatoms. The Morgan fingerprint density at radius 2 is 1.96 bits per heavy atom. The Kier molecular flexibility index (Phi) is 5.34. The lowest BCUT2D eigenvalue weighted by Crippen LogP contribution is -2.38. The van der Waals surface area contributed by atoms with Crippen LogP contribution in [-0.4, -0.2) is 27.4 Å². The number of carbonyl (C=O) groups is 1. The van der Waals surface area contributed by atoms with Crippen LogP contribution in [0.3, 0.4) is 0 Å². The Labute approximate surface area is 136 Å². The van der Waals surface area contributed by atoms with E-state index >= 15 is 0 Å². The quantitative estimate of drug-likeness (QED) is 0.458. The fourth-order valence-electron chi connectivity index (χ4n) is 1.80. The van der Waals surface area contributed by atoms with Gasteiger partial charge >= 0.3 is 6.03 Å². The highest BCUT2D eigenvalue weighted by molar-refractivity contribution is 7.12. The number of nitrogens with two attached hydrogens (primary N) is 1. The van der Waals surface area contributed by atoms with Crippen LogP contribution < -0.4 is 5.73 Å². The lowest BCUT2D eigenvalue weighted by atomic mass is 10.1. The third-order valence-electron chi connectivity index (χ3n) is 3.08. The molecule has 2 atom stereocenters. The minimum Gasteiger partial charge on any atom is -0.383 e. The van der Waals surface area contributed by atoms with Gasteiger partial charge in [0, 0.05) is 4.88 Å². The molecule has 0 saturated heterocycles. The first-order valence-corrected chi connectivity index (χ1v) is 7.52. The first kappa shape index (κ1) is 17.0. The normalized spacial score (nSPS) is 12.9. The molecule has 0 aliphatic heterocycles. The van der Waals surface area contributed by atoms with E-state index in [0.29, 0.717) is 20.4 Å². The SMILES string of the molecule is CC(C#Cc1ccc([C@H](O)c2ccc(F)cc2)s1)N(O)C(N)=O. The van der Waals surface area contributed by atoms with Gasteiger partial charge in [-0.25, -0.2) is 9.18 Å². The van der Waals surface area contributed by atoms with Gasteiger partial charge in [-0.3, -0.25) is 5.21 Å². The summed E-state index contributed by atoms with van der Waals surface area (Å²) in [6.07, 6.45) is -0.867. The number of halogens is 1. The van der Waals surface area contributed by atoms with E-state index in [0.717, 1.165) is 0 Å². The van der Waals surface area contributed by atoms with Gasteiger partial charge in [0.2, 0.25) is 0 Å². The summed E-state index contributed by atoms with van der Waals surface area (Å²) in [6, 6.07) is 7.32. The van der Waals surface area contributed by atoms with Crippen molar-refractivity contribution in [2.45, 2.75) is 19.1 Å². The highest BCUT2D eigenvalue weighted by Gasteiger charge is 2.14. The number of amides is 2. The second-order valence-corrected chi connectivity index (χ2v) is 5.90. The minimum atomic E-state index is -0.981. The lowest BCUT2D eigenvalue weighted by Gasteiger charge is -2.14. The molecule has 23 heavy (non-hydrogen) atoms. The van der Waals surface area contributed by atoms with Crippen LogP contribution in [0.25, 0.3) is 0 Å². The first-order valence-electron chi connectivity index (χ1n) is 6.71. The Balaban J connectivity index is 2.12. The average Bonchev–Trinajstić information content (AvgIpc) is 3.00. The molecule has 5 nitrogen and oxygen atoms in total. The monoisotopic (exact) mass is 334 g/mol. The Morgan fingerprint density at radius 1 is 1.30 bits per heavy atom. The summed E-state index contributed by atoms with van der Waals surface area (Å²) in [4.78, 5) is 12.1. The number of hydrogen-bond donors (Lipinski definition) is 3. The molecular formula is C16H15FN2O3S. The maximum atomic E-state index is 12.9. The fourth-order valence-corrected chi connectivity index (χ4v) is 2.69. The van der Waals surface area contributed by atoms with E-state index in [4.69, 9.17) is 5.73 Å². The van der Waals surface area contributed by atoms with Crippen molar-refractivity contribution >= 4 is 17.4 Å². The predicted octanol–water partition coefficient (Wildman–Crippen LogP) is 2.48. The summed E-state index contributed by atoms with van der Waals surface area (Å²) in [5.74, 6) is 5.12. The largest absolute Gasteiger partial charge is 0.383 e. The van der Waals surface area contributed by atoms with Crippen molar-refractivity contribution < 1.29 is 19.5 Å². The van der Waals surface area contributed by atoms with Crippen LogP contribution in [0.4, 0.5) is 9.18 Å². The number of hydrogen-bond acceptors (Lipinski definition) is 4. The third kappa shape index (κ3) is 4.29. The summed E-state index contributed by atoms with van der Waals surface area (Å²) < 4.78 is 12.9. The third-order valence-corrected chi connectivity index (χ3v) is 4.13. The van der Waals surface area contributed by atoms with Gasteiger partial charge in [-0.05, 0) is 36.8 Å². The van der Waals surface area contributed by atoms with Gasteiger partial charge in [-0.15, -0.1) is 11.3 Å². The van der Waals surface area contributed by atoms with E-state index in [9.17, 15) is 19.5 Å². The topological polar surface area (TPSA) is 86.8 Å². The minimum absolute atomic E-state index is 0.342. The number of aliphatic hydroxyl groups is 1. The molecule has 1 unspecified atom stereocenters. The van der Waals surface area contributed by atoms with Gasteiger partial charge in [-0.1, -0.05) is 24.0 Å². The number of primary amides is 1. The number of aliphatic hydroxyl groups excluding tert-OH is 1. The van der Waals surface area contributed by atoms with E-state index in [2.05, 4.69) is 11.8 Å². The van der Waals surface area contributed by atoms with Crippen molar-refractivity contribution in [3.63, 3.8) is 0 Å². The van der Waals surface area contributed by atoms with Crippen molar-refractivity contribution in [2.75, 3.05) is 0 Å². The molecule has 120 valence electrons. The number of carbonyl (C=O) groups excluding carboxylic acids is 1. The van der Waals surface area contributed by atoms with Crippen molar-refractivity contribution in [2.24, 2.45) is 5.73 Å². The number of urea groups is 1. The molecule has 0 radical (unpaired) electrons. The second kappa shape index (κ2) is 7.24. The van der Waals surface area contributed by atoms with Crippen LogP contribution in [0.2, 0.25) is 0 Å². The highest BCUT2D eigenvalue weighted by Crippen LogP contribution is 2.28. The van der Waals surface area contributed by atoms with E-state index in [1.54, 1.807) is 12.1 Å². The first-order chi connectivity index (χ1) is 10.9. The molecule has 1 aromatic carbocycles.